The lowest BCUT2D eigenvalue weighted by atomic mass is 10.0. The standard InChI is InChI=1S/C15H19F3N2O2/c1-8(2)12(20-14(22)15(16,17)18)13(21)19-11-7-5-6-9(3)10(11)4/h5-8,12H,1-4H3,(H,19,21)(H,20,22). The van der Waals surface area contributed by atoms with Crippen LogP contribution in [0.25, 0.3) is 0 Å². The maximum atomic E-state index is 12.3. The Hall–Kier alpha value is -2.05. The van der Waals surface area contributed by atoms with Crippen LogP contribution in [0.1, 0.15) is 25.0 Å². The molecule has 0 saturated carbocycles. The van der Waals surface area contributed by atoms with E-state index in [1.54, 1.807) is 38.2 Å². The zero-order valence-electron chi connectivity index (χ0n) is 12.8. The highest BCUT2D eigenvalue weighted by Crippen LogP contribution is 2.20. The van der Waals surface area contributed by atoms with Crippen molar-refractivity contribution in [3.8, 4) is 0 Å². The van der Waals surface area contributed by atoms with Gasteiger partial charge in [0.25, 0.3) is 0 Å². The number of nitrogens with one attached hydrogen (secondary N) is 2. The van der Waals surface area contributed by atoms with Crippen molar-refractivity contribution in [1.82, 2.24) is 5.32 Å². The van der Waals surface area contributed by atoms with E-state index < -0.39 is 30.0 Å². The van der Waals surface area contributed by atoms with Gasteiger partial charge in [-0.2, -0.15) is 13.2 Å². The number of halogens is 3. The van der Waals surface area contributed by atoms with Gasteiger partial charge in [-0.3, -0.25) is 9.59 Å². The third-order valence-corrected chi connectivity index (χ3v) is 3.36. The smallest absolute Gasteiger partial charge is 0.336 e. The van der Waals surface area contributed by atoms with Crippen molar-refractivity contribution in [2.75, 3.05) is 5.32 Å². The average Bonchev–Trinajstić information content (AvgIpc) is 2.39. The highest BCUT2D eigenvalue weighted by atomic mass is 19.4. The molecule has 1 unspecified atom stereocenters. The molecule has 0 fully saturated rings. The third-order valence-electron chi connectivity index (χ3n) is 3.36. The second kappa shape index (κ2) is 6.81. The predicted molar refractivity (Wildman–Crippen MR) is 77.4 cm³/mol. The summed E-state index contributed by atoms with van der Waals surface area (Å²) in [6.45, 7) is 6.77. The van der Waals surface area contributed by atoms with E-state index in [4.69, 9.17) is 0 Å². The number of aryl methyl sites for hydroxylation is 1. The molecule has 122 valence electrons. The van der Waals surface area contributed by atoms with Gasteiger partial charge in [0.05, 0.1) is 0 Å². The van der Waals surface area contributed by atoms with Crippen molar-refractivity contribution in [1.29, 1.82) is 0 Å². The van der Waals surface area contributed by atoms with Gasteiger partial charge in [-0.25, -0.2) is 0 Å². The van der Waals surface area contributed by atoms with Crippen LogP contribution in [0.2, 0.25) is 0 Å². The van der Waals surface area contributed by atoms with E-state index in [9.17, 15) is 22.8 Å². The molecule has 1 atom stereocenters. The molecular weight excluding hydrogens is 297 g/mol. The molecule has 2 N–H and O–H groups in total. The van der Waals surface area contributed by atoms with Gasteiger partial charge in [0, 0.05) is 5.69 Å². The summed E-state index contributed by atoms with van der Waals surface area (Å²) in [5, 5.41) is 4.30. The van der Waals surface area contributed by atoms with Gasteiger partial charge in [0.2, 0.25) is 5.91 Å². The molecule has 0 aliphatic rings. The van der Waals surface area contributed by atoms with E-state index in [0.29, 0.717) is 5.69 Å². The summed E-state index contributed by atoms with van der Waals surface area (Å²) in [6, 6.07) is 3.98. The summed E-state index contributed by atoms with van der Waals surface area (Å²) in [6.07, 6.45) is -5.02. The van der Waals surface area contributed by atoms with Gasteiger partial charge < -0.3 is 10.6 Å². The summed E-state index contributed by atoms with van der Waals surface area (Å²) in [5.41, 5.74) is 2.27. The molecule has 0 bridgehead atoms. The summed E-state index contributed by atoms with van der Waals surface area (Å²) in [7, 11) is 0. The maximum Gasteiger partial charge on any atom is 0.471 e. The molecule has 4 nitrogen and oxygen atoms in total. The van der Waals surface area contributed by atoms with Crippen molar-refractivity contribution in [2.45, 2.75) is 39.9 Å². The fraction of sp³-hybridized carbons (Fsp3) is 0.467. The first-order valence-electron chi connectivity index (χ1n) is 6.78. The first-order valence-corrected chi connectivity index (χ1v) is 6.78. The van der Waals surface area contributed by atoms with Crippen LogP contribution < -0.4 is 10.6 Å². The van der Waals surface area contributed by atoms with E-state index in [-0.39, 0.29) is 0 Å². The molecule has 1 aromatic carbocycles. The van der Waals surface area contributed by atoms with Gasteiger partial charge >= 0.3 is 12.1 Å². The van der Waals surface area contributed by atoms with Gasteiger partial charge in [0.15, 0.2) is 0 Å². The second-order valence-corrected chi connectivity index (χ2v) is 5.43. The van der Waals surface area contributed by atoms with Crippen LogP contribution in [0.4, 0.5) is 18.9 Å². The van der Waals surface area contributed by atoms with Crippen LogP contribution in [0, 0.1) is 19.8 Å². The minimum Gasteiger partial charge on any atom is -0.336 e. The minimum absolute atomic E-state index is 0.489. The van der Waals surface area contributed by atoms with Crippen LogP contribution in [0.3, 0.4) is 0 Å². The summed E-state index contributed by atoms with van der Waals surface area (Å²) >= 11 is 0. The van der Waals surface area contributed by atoms with Crippen LogP contribution in [0.15, 0.2) is 18.2 Å². The summed E-state index contributed by atoms with van der Waals surface area (Å²) < 4.78 is 37.0. The van der Waals surface area contributed by atoms with E-state index in [2.05, 4.69) is 5.32 Å². The first-order chi connectivity index (χ1) is 10.0. The molecule has 0 radical (unpaired) electrons. The Balaban J connectivity index is 2.91. The minimum atomic E-state index is -5.02. The Morgan fingerprint density at radius 2 is 1.73 bits per heavy atom. The van der Waals surface area contributed by atoms with Crippen molar-refractivity contribution in [2.24, 2.45) is 5.92 Å². The molecule has 1 aromatic rings. The largest absolute Gasteiger partial charge is 0.471 e. The van der Waals surface area contributed by atoms with Crippen LogP contribution in [-0.4, -0.2) is 24.0 Å². The van der Waals surface area contributed by atoms with Crippen LogP contribution in [0.5, 0.6) is 0 Å². The average molecular weight is 316 g/mol. The monoisotopic (exact) mass is 316 g/mol. The SMILES string of the molecule is Cc1cccc(NC(=O)C(NC(=O)C(F)(F)F)C(C)C)c1C. The second-order valence-electron chi connectivity index (χ2n) is 5.43. The van der Waals surface area contributed by atoms with E-state index >= 15 is 0 Å². The number of anilines is 1. The third kappa shape index (κ3) is 4.47. The van der Waals surface area contributed by atoms with Crippen molar-refractivity contribution >= 4 is 17.5 Å². The molecule has 0 aliphatic heterocycles. The summed E-state index contributed by atoms with van der Waals surface area (Å²) in [4.78, 5) is 23.2. The Morgan fingerprint density at radius 3 is 2.23 bits per heavy atom. The lowest BCUT2D eigenvalue weighted by Crippen LogP contribution is -2.51. The van der Waals surface area contributed by atoms with Crippen molar-refractivity contribution in [3.63, 3.8) is 0 Å². The molecular formula is C15H19F3N2O2. The number of carbonyl (C=O) groups is 2. The summed E-state index contributed by atoms with van der Waals surface area (Å²) in [5.74, 6) is -3.29. The van der Waals surface area contributed by atoms with Gasteiger partial charge in [-0.1, -0.05) is 26.0 Å². The van der Waals surface area contributed by atoms with Gasteiger partial charge in [0.1, 0.15) is 6.04 Å². The molecule has 1 rings (SSSR count). The molecule has 22 heavy (non-hydrogen) atoms. The highest BCUT2D eigenvalue weighted by Gasteiger charge is 2.41. The van der Waals surface area contributed by atoms with Gasteiger partial charge in [-0.15, -0.1) is 0 Å². The van der Waals surface area contributed by atoms with E-state index in [1.807, 2.05) is 13.0 Å². The van der Waals surface area contributed by atoms with E-state index in [1.165, 1.54) is 0 Å². The maximum absolute atomic E-state index is 12.3. The Bertz CT molecular complexity index is 568. The Kier molecular flexibility index (Phi) is 5.57. The molecule has 0 aliphatic carbocycles. The molecule has 2 amide bonds. The van der Waals surface area contributed by atoms with E-state index in [0.717, 1.165) is 11.1 Å². The first kappa shape index (κ1) is 18.0. The molecule has 0 aromatic heterocycles. The van der Waals surface area contributed by atoms with Crippen LogP contribution in [-0.2, 0) is 9.59 Å². The molecule has 7 heteroatoms. The molecule has 0 spiro atoms. The van der Waals surface area contributed by atoms with Crippen molar-refractivity contribution in [3.05, 3.63) is 29.3 Å². The van der Waals surface area contributed by atoms with Gasteiger partial charge in [-0.05, 0) is 37.0 Å². The number of hydrogen-bond acceptors (Lipinski definition) is 2. The zero-order chi connectivity index (χ0) is 17.1. The lowest BCUT2D eigenvalue weighted by Gasteiger charge is -2.23. The number of amides is 2. The normalized spacial score (nSPS) is 12.9. The predicted octanol–water partition coefficient (Wildman–Crippen LogP) is 2.95. The Morgan fingerprint density at radius 1 is 1.14 bits per heavy atom. The molecule has 0 heterocycles. The Labute approximate surface area is 127 Å². The fourth-order valence-corrected chi connectivity index (χ4v) is 1.86. The van der Waals surface area contributed by atoms with Crippen LogP contribution >= 0.6 is 0 Å². The fourth-order valence-electron chi connectivity index (χ4n) is 1.86. The number of alkyl halides is 3. The zero-order valence-corrected chi connectivity index (χ0v) is 12.8. The number of benzene rings is 1. The number of rotatable bonds is 4. The quantitative estimate of drug-likeness (QED) is 0.897. The van der Waals surface area contributed by atoms with Crippen molar-refractivity contribution < 1.29 is 22.8 Å². The number of hydrogen-bond donors (Lipinski definition) is 2. The number of carbonyl (C=O) groups excluding carboxylic acids is 2. The highest BCUT2D eigenvalue weighted by molar-refractivity contribution is 5.98. The molecule has 0 saturated heterocycles. The topological polar surface area (TPSA) is 58.2 Å². The lowest BCUT2D eigenvalue weighted by molar-refractivity contribution is -0.175.